The van der Waals surface area contributed by atoms with Crippen LogP contribution in [-0.4, -0.2) is 18.8 Å². The standard InChI is InChI=1S/C14H12O4S/c15-14(12-4-2-1-3-5-12)10-11-6-8-13(9-7-11)19(16,17)18/h1-9H,10H2,(H,16,17,18). The molecule has 2 aromatic rings. The molecule has 0 amide bonds. The average Bonchev–Trinajstić information content (AvgIpc) is 2.39. The molecule has 0 aromatic heterocycles. The Hall–Kier alpha value is -1.98. The maximum Gasteiger partial charge on any atom is 0.294 e. The third-order valence-electron chi connectivity index (χ3n) is 2.68. The third-order valence-corrected chi connectivity index (χ3v) is 3.55. The summed E-state index contributed by atoms with van der Waals surface area (Å²) < 4.78 is 30.6. The molecule has 0 unspecified atom stereocenters. The molecule has 4 nitrogen and oxygen atoms in total. The van der Waals surface area contributed by atoms with Gasteiger partial charge in [0.25, 0.3) is 10.1 Å². The fraction of sp³-hybridized carbons (Fsp3) is 0.0714. The highest BCUT2D eigenvalue weighted by atomic mass is 32.2. The number of carbonyl (C=O) groups is 1. The van der Waals surface area contributed by atoms with Gasteiger partial charge in [-0.15, -0.1) is 0 Å². The second kappa shape index (κ2) is 5.34. The van der Waals surface area contributed by atoms with Crippen molar-refractivity contribution < 1.29 is 17.8 Å². The fourth-order valence-corrected chi connectivity index (χ4v) is 2.17. The van der Waals surface area contributed by atoms with Gasteiger partial charge in [-0.25, -0.2) is 0 Å². The first kappa shape index (κ1) is 13.5. The summed E-state index contributed by atoms with van der Waals surface area (Å²) in [5.41, 5.74) is 1.31. The van der Waals surface area contributed by atoms with E-state index in [1.54, 1.807) is 24.3 Å². The first-order valence-electron chi connectivity index (χ1n) is 5.61. The first-order chi connectivity index (χ1) is 8.97. The molecule has 5 heteroatoms. The lowest BCUT2D eigenvalue weighted by atomic mass is 10.0. The summed E-state index contributed by atoms with van der Waals surface area (Å²) in [5.74, 6) is -0.0415. The number of hydrogen-bond donors (Lipinski definition) is 1. The Morgan fingerprint density at radius 2 is 1.53 bits per heavy atom. The lowest BCUT2D eigenvalue weighted by molar-refractivity contribution is 0.0993. The van der Waals surface area contributed by atoms with Crippen molar-refractivity contribution in [2.24, 2.45) is 0 Å². The Morgan fingerprint density at radius 3 is 2.05 bits per heavy atom. The van der Waals surface area contributed by atoms with Crippen LogP contribution in [0, 0.1) is 0 Å². The Kier molecular flexibility index (Phi) is 3.78. The van der Waals surface area contributed by atoms with Crippen LogP contribution in [0.5, 0.6) is 0 Å². The molecule has 0 bridgehead atoms. The molecule has 1 N–H and O–H groups in total. The molecule has 98 valence electrons. The van der Waals surface area contributed by atoms with Gasteiger partial charge in [0.15, 0.2) is 5.78 Å². The lowest BCUT2D eigenvalue weighted by Gasteiger charge is -2.02. The van der Waals surface area contributed by atoms with E-state index in [0.29, 0.717) is 11.1 Å². The van der Waals surface area contributed by atoms with Gasteiger partial charge >= 0.3 is 0 Å². The van der Waals surface area contributed by atoms with Crippen LogP contribution in [0.15, 0.2) is 59.5 Å². The minimum atomic E-state index is -4.19. The second-order valence-corrected chi connectivity index (χ2v) is 5.51. The van der Waals surface area contributed by atoms with Crippen LogP contribution in [0.3, 0.4) is 0 Å². The molecule has 0 saturated heterocycles. The molecule has 0 atom stereocenters. The zero-order valence-electron chi connectivity index (χ0n) is 9.98. The summed E-state index contributed by atoms with van der Waals surface area (Å²) in [6.45, 7) is 0. The van der Waals surface area contributed by atoms with Crippen LogP contribution in [-0.2, 0) is 16.5 Å². The summed E-state index contributed by atoms with van der Waals surface area (Å²) in [6, 6.07) is 14.5. The minimum Gasteiger partial charge on any atom is -0.294 e. The fourth-order valence-electron chi connectivity index (χ4n) is 1.69. The van der Waals surface area contributed by atoms with Crippen LogP contribution in [0.1, 0.15) is 15.9 Å². The van der Waals surface area contributed by atoms with E-state index in [9.17, 15) is 13.2 Å². The van der Waals surface area contributed by atoms with E-state index < -0.39 is 10.1 Å². The van der Waals surface area contributed by atoms with Crippen LogP contribution < -0.4 is 0 Å². The van der Waals surface area contributed by atoms with Crippen molar-refractivity contribution >= 4 is 15.9 Å². The second-order valence-electron chi connectivity index (χ2n) is 4.08. The molecule has 0 aliphatic rings. The summed E-state index contributed by atoms with van der Waals surface area (Å²) in [7, 11) is -4.19. The Labute approximate surface area is 111 Å². The molecule has 2 rings (SSSR count). The summed E-state index contributed by atoms with van der Waals surface area (Å²) >= 11 is 0. The topological polar surface area (TPSA) is 71.4 Å². The van der Waals surface area contributed by atoms with Crippen molar-refractivity contribution in [1.29, 1.82) is 0 Å². The van der Waals surface area contributed by atoms with E-state index in [2.05, 4.69) is 0 Å². The SMILES string of the molecule is O=C(Cc1ccc(S(=O)(=O)O)cc1)c1ccccc1. The monoisotopic (exact) mass is 276 g/mol. The van der Waals surface area contributed by atoms with E-state index >= 15 is 0 Å². The van der Waals surface area contributed by atoms with Gasteiger partial charge in [0, 0.05) is 12.0 Å². The molecule has 0 aliphatic carbocycles. The van der Waals surface area contributed by atoms with Crippen molar-refractivity contribution in [3.63, 3.8) is 0 Å². The molecule has 0 saturated carbocycles. The van der Waals surface area contributed by atoms with Crippen molar-refractivity contribution in [2.75, 3.05) is 0 Å². The van der Waals surface area contributed by atoms with Crippen molar-refractivity contribution in [2.45, 2.75) is 11.3 Å². The highest BCUT2D eigenvalue weighted by Gasteiger charge is 2.10. The third kappa shape index (κ3) is 3.49. The largest absolute Gasteiger partial charge is 0.294 e. The Balaban J connectivity index is 2.15. The minimum absolute atomic E-state index is 0.0415. The number of carbonyl (C=O) groups excluding carboxylic acids is 1. The van der Waals surface area contributed by atoms with E-state index in [1.807, 2.05) is 6.07 Å². The highest BCUT2D eigenvalue weighted by Crippen LogP contribution is 2.12. The van der Waals surface area contributed by atoms with E-state index in [1.165, 1.54) is 24.3 Å². The van der Waals surface area contributed by atoms with Gasteiger partial charge in [-0.2, -0.15) is 8.42 Å². The number of Topliss-reactive ketones (excluding diaryl/α,β-unsaturated/α-hetero) is 1. The molecule has 0 aliphatic heterocycles. The number of hydrogen-bond acceptors (Lipinski definition) is 3. The maximum absolute atomic E-state index is 11.9. The van der Waals surface area contributed by atoms with Crippen LogP contribution in [0.4, 0.5) is 0 Å². The molecule has 0 spiro atoms. The summed E-state index contributed by atoms with van der Waals surface area (Å²) in [4.78, 5) is 11.8. The predicted octanol–water partition coefficient (Wildman–Crippen LogP) is 2.36. The van der Waals surface area contributed by atoms with Gasteiger partial charge in [0.1, 0.15) is 0 Å². The first-order valence-corrected chi connectivity index (χ1v) is 7.05. The molecule has 0 fully saturated rings. The average molecular weight is 276 g/mol. The van der Waals surface area contributed by atoms with Crippen LogP contribution >= 0.6 is 0 Å². The number of ketones is 1. The number of benzene rings is 2. The zero-order chi connectivity index (χ0) is 13.9. The van der Waals surface area contributed by atoms with Gasteiger partial charge in [-0.1, -0.05) is 42.5 Å². The molecular formula is C14H12O4S. The van der Waals surface area contributed by atoms with Crippen LogP contribution in [0.2, 0.25) is 0 Å². The number of rotatable bonds is 4. The normalized spacial score (nSPS) is 11.2. The molecule has 0 heterocycles. The van der Waals surface area contributed by atoms with Crippen molar-refractivity contribution in [3.05, 3.63) is 65.7 Å². The van der Waals surface area contributed by atoms with Gasteiger partial charge in [-0.05, 0) is 17.7 Å². The van der Waals surface area contributed by atoms with E-state index in [4.69, 9.17) is 4.55 Å². The molecule has 2 aromatic carbocycles. The quantitative estimate of drug-likeness (QED) is 0.687. The smallest absolute Gasteiger partial charge is 0.294 e. The van der Waals surface area contributed by atoms with Crippen molar-refractivity contribution in [3.8, 4) is 0 Å². The Morgan fingerprint density at radius 1 is 0.947 bits per heavy atom. The van der Waals surface area contributed by atoms with Crippen LogP contribution in [0.25, 0.3) is 0 Å². The predicted molar refractivity (Wildman–Crippen MR) is 70.7 cm³/mol. The molecule has 19 heavy (non-hydrogen) atoms. The highest BCUT2D eigenvalue weighted by molar-refractivity contribution is 7.85. The van der Waals surface area contributed by atoms with Gasteiger partial charge in [0.2, 0.25) is 0 Å². The van der Waals surface area contributed by atoms with Crippen molar-refractivity contribution in [1.82, 2.24) is 0 Å². The van der Waals surface area contributed by atoms with Gasteiger partial charge in [0.05, 0.1) is 4.90 Å². The maximum atomic E-state index is 11.9. The molecular weight excluding hydrogens is 264 g/mol. The van der Waals surface area contributed by atoms with E-state index in [0.717, 1.165) is 0 Å². The summed E-state index contributed by atoms with van der Waals surface area (Å²) in [6.07, 6.45) is 0.190. The van der Waals surface area contributed by atoms with Gasteiger partial charge in [-0.3, -0.25) is 9.35 Å². The molecule has 0 radical (unpaired) electrons. The zero-order valence-corrected chi connectivity index (χ0v) is 10.8. The van der Waals surface area contributed by atoms with Gasteiger partial charge < -0.3 is 0 Å². The lowest BCUT2D eigenvalue weighted by Crippen LogP contribution is -2.04. The summed E-state index contributed by atoms with van der Waals surface area (Å²) in [5, 5.41) is 0. The Bertz CT molecular complexity index is 673. The van der Waals surface area contributed by atoms with E-state index in [-0.39, 0.29) is 17.1 Å².